The van der Waals surface area contributed by atoms with Gasteiger partial charge in [0, 0.05) is 5.56 Å². The molecule has 2 aliphatic heterocycles. The fourth-order valence-electron chi connectivity index (χ4n) is 3.92. The van der Waals surface area contributed by atoms with E-state index in [2.05, 4.69) is 0 Å². The van der Waals surface area contributed by atoms with Gasteiger partial charge in [-0.3, -0.25) is 0 Å². The number of fused-ring (bicyclic) bond motifs is 1. The molecule has 168 valence electrons. The first-order chi connectivity index (χ1) is 14.9. The lowest BCUT2D eigenvalue weighted by molar-refractivity contribution is -0.232. The number of methoxy groups -OCH3 is 1. The predicted molar refractivity (Wildman–Crippen MR) is 111 cm³/mol. The van der Waals surface area contributed by atoms with E-state index in [0.717, 1.165) is 11.3 Å². The first-order valence-electron chi connectivity index (χ1n) is 9.99. The molecule has 0 aromatic heterocycles. The third-order valence-electron chi connectivity index (χ3n) is 5.61. The van der Waals surface area contributed by atoms with Crippen LogP contribution in [0.15, 0.2) is 30.3 Å². The predicted octanol–water partition coefficient (Wildman–Crippen LogP) is 1.23. The summed E-state index contributed by atoms with van der Waals surface area (Å²) in [6.07, 6.45) is -6.03. The summed E-state index contributed by atoms with van der Waals surface area (Å²) in [5, 5.41) is 40.9. The molecule has 0 aliphatic carbocycles. The van der Waals surface area contributed by atoms with Crippen LogP contribution in [0.3, 0.4) is 0 Å². The van der Waals surface area contributed by atoms with Crippen LogP contribution in [0.5, 0.6) is 17.2 Å². The van der Waals surface area contributed by atoms with E-state index < -0.39 is 37.1 Å². The zero-order chi connectivity index (χ0) is 22.1. The van der Waals surface area contributed by atoms with E-state index in [1.807, 2.05) is 24.3 Å². The SMILES string of the molecule is COc1ccc(Cc2cc([C@H]3O[C@@H](CO)[C@H](O)[C@@H](O)[C@@H]3O)c3c(c2Cl)OCCO3)cc1. The maximum absolute atomic E-state index is 10.6. The van der Waals surface area contributed by atoms with Crippen molar-refractivity contribution in [1.29, 1.82) is 0 Å². The summed E-state index contributed by atoms with van der Waals surface area (Å²) in [4.78, 5) is 0. The standard InChI is InChI=1S/C22H25ClO8/c1-28-13-4-2-11(3-5-13)8-12-9-14(21-22(16(12)23)30-7-6-29-21)20-19(27)18(26)17(25)15(10-24)31-20/h2-5,9,15,17-20,24-27H,6-8,10H2,1H3/t15-,17-,18+,19-,20+/m0/s1. The second-order valence-electron chi connectivity index (χ2n) is 7.57. The molecule has 4 N–H and O–H groups in total. The van der Waals surface area contributed by atoms with Crippen LogP contribution in [0.4, 0.5) is 0 Å². The molecule has 0 saturated carbocycles. The number of aliphatic hydroxyl groups is 4. The molecule has 0 bridgehead atoms. The summed E-state index contributed by atoms with van der Waals surface area (Å²) in [6, 6.07) is 9.27. The van der Waals surface area contributed by atoms with Crippen molar-refractivity contribution >= 4 is 11.6 Å². The lowest BCUT2D eigenvalue weighted by Gasteiger charge is -2.41. The number of hydrogen-bond donors (Lipinski definition) is 4. The van der Waals surface area contributed by atoms with Crippen molar-refractivity contribution in [2.45, 2.75) is 36.9 Å². The van der Waals surface area contributed by atoms with Gasteiger partial charge in [0.15, 0.2) is 11.5 Å². The highest BCUT2D eigenvalue weighted by atomic mass is 35.5. The molecule has 1 fully saturated rings. The average Bonchev–Trinajstić information content (AvgIpc) is 2.80. The Balaban J connectivity index is 1.75. The third kappa shape index (κ3) is 4.19. The van der Waals surface area contributed by atoms with Crippen molar-refractivity contribution in [3.05, 3.63) is 52.0 Å². The van der Waals surface area contributed by atoms with E-state index in [1.54, 1.807) is 13.2 Å². The maximum Gasteiger partial charge on any atom is 0.180 e. The van der Waals surface area contributed by atoms with E-state index in [9.17, 15) is 20.4 Å². The minimum atomic E-state index is -1.50. The minimum absolute atomic E-state index is 0.283. The van der Waals surface area contributed by atoms with Crippen molar-refractivity contribution in [3.63, 3.8) is 0 Å². The monoisotopic (exact) mass is 452 g/mol. The van der Waals surface area contributed by atoms with E-state index in [0.29, 0.717) is 40.7 Å². The van der Waals surface area contributed by atoms with Crippen molar-refractivity contribution in [1.82, 2.24) is 0 Å². The maximum atomic E-state index is 10.6. The van der Waals surface area contributed by atoms with Gasteiger partial charge >= 0.3 is 0 Å². The van der Waals surface area contributed by atoms with Gasteiger partial charge in [0.25, 0.3) is 0 Å². The second kappa shape index (κ2) is 9.20. The third-order valence-corrected chi connectivity index (χ3v) is 6.02. The Labute approximate surface area is 184 Å². The molecule has 0 amide bonds. The lowest BCUT2D eigenvalue weighted by atomic mass is 9.89. The first-order valence-corrected chi connectivity index (χ1v) is 10.4. The van der Waals surface area contributed by atoms with Gasteiger partial charge in [0.1, 0.15) is 49.5 Å². The van der Waals surface area contributed by atoms with Gasteiger partial charge in [-0.25, -0.2) is 0 Å². The Morgan fingerprint density at radius 2 is 1.68 bits per heavy atom. The van der Waals surface area contributed by atoms with E-state index in [-0.39, 0.29) is 6.61 Å². The normalized spacial score (nSPS) is 27.7. The Morgan fingerprint density at radius 3 is 2.32 bits per heavy atom. The number of aliphatic hydroxyl groups excluding tert-OH is 4. The number of benzene rings is 2. The van der Waals surface area contributed by atoms with E-state index in [4.69, 9.17) is 30.5 Å². The molecule has 9 heteroatoms. The van der Waals surface area contributed by atoms with Crippen molar-refractivity contribution in [3.8, 4) is 17.2 Å². The van der Waals surface area contributed by atoms with Gasteiger partial charge in [0.2, 0.25) is 0 Å². The van der Waals surface area contributed by atoms with Gasteiger partial charge in [-0.15, -0.1) is 0 Å². The first kappa shape index (κ1) is 22.1. The van der Waals surface area contributed by atoms with Crippen LogP contribution in [0.25, 0.3) is 0 Å². The zero-order valence-corrected chi connectivity index (χ0v) is 17.7. The molecule has 2 aromatic rings. The highest BCUT2D eigenvalue weighted by Gasteiger charge is 2.45. The number of ether oxygens (including phenoxy) is 4. The van der Waals surface area contributed by atoms with Crippen LogP contribution >= 0.6 is 11.6 Å². The summed E-state index contributed by atoms with van der Waals surface area (Å²) >= 11 is 6.63. The molecular weight excluding hydrogens is 428 g/mol. The summed E-state index contributed by atoms with van der Waals surface area (Å²) < 4.78 is 22.5. The quantitative estimate of drug-likeness (QED) is 0.535. The molecule has 2 aliphatic rings. The Hall–Kier alpha value is -2.07. The van der Waals surface area contributed by atoms with Gasteiger partial charge in [0.05, 0.1) is 18.7 Å². The molecule has 31 heavy (non-hydrogen) atoms. The molecule has 2 heterocycles. The van der Waals surface area contributed by atoms with Crippen LogP contribution in [0.2, 0.25) is 5.02 Å². The number of hydrogen-bond acceptors (Lipinski definition) is 8. The second-order valence-corrected chi connectivity index (χ2v) is 7.95. The highest BCUT2D eigenvalue weighted by Crippen LogP contribution is 2.48. The number of halogens is 1. The summed E-state index contributed by atoms with van der Waals surface area (Å²) in [5.41, 5.74) is 2.11. The fourth-order valence-corrected chi connectivity index (χ4v) is 4.18. The van der Waals surface area contributed by atoms with E-state index in [1.165, 1.54) is 0 Å². The van der Waals surface area contributed by atoms with Crippen molar-refractivity contribution in [2.75, 3.05) is 26.9 Å². The minimum Gasteiger partial charge on any atom is -0.497 e. The Morgan fingerprint density at radius 1 is 1.00 bits per heavy atom. The summed E-state index contributed by atoms with van der Waals surface area (Å²) in [7, 11) is 1.60. The topological polar surface area (TPSA) is 118 Å². The van der Waals surface area contributed by atoms with Crippen LogP contribution in [0, 0.1) is 0 Å². The summed E-state index contributed by atoms with van der Waals surface area (Å²) in [6.45, 7) is 0.0751. The van der Waals surface area contributed by atoms with E-state index >= 15 is 0 Å². The van der Waals surface area contributed by atoms with Gasteiger partial charge < -0.3 is 39.4 Å². The van der Waals surface area contributed by atoms with Gasteiger partial charge in [-0.05, 0) is 35.7 Å². The largest absolute Gasteiger partial charge is 0.497 e. The lowest BCUT2D eigenvalue weighted by Crippen LogP contribution is -2.55. The number of rotatable bonds is 5. The smallest absolute Gasteiger partial charge is 0.180 e. The average molecular weight is 453 g/mol. The van der Waals surface area contributed by atoms with Gasteiger partial charge in [-0.2, -0.15) is 0 Å². The molecule has 8 nitrogen and oxygen atoms in total. The molecule has 4 rings (SSSR count). The molecule has 0 spiro atoms. The fraction of sp³-hybridized carbons (Fsp3) is 0.455. The summed E-state index contributed by atoms with van der Waals surface area (Å²) in [5.74, 6) is 1.39. The van der Waals surface area contributed by atoms with Crippen LogP contribution in [-0.2, 0) is 11.2 Å². The molecule has 0 radical (unpaired) electrons. The zero-order valence-electron chi connectivity index (χ0n) is 16.9. The molecular formula is C22H25ClO8. The molecule has 1 saturated heterocycles. The highest BCUT2D eigenvalue weighted by molar-refractivity contribution is 6.33. The Bertz CT molecular complexity index is 917. The van der Waals surface area contributed by atoms with Crippen molar-refractivity contribution in [2.24, 2.45) is 0 Å². The Kier molecular flexibility index (Phi) is 6.57. The van der Waals surface area contributed by atoms with Crippen molar-refractivity contribution < 1.29 is 39.4 Å². The van der Waals surface area contributed by atoms with Crippen LogP contribution < -0.4 is 14.2 Å². The van der Waals surface area contributed by atoms with Crippen LogP contribution in [0.1, 0.15) is 22.8 Å². The molecule has 0 unspecified atom stereocenters. The molecule has 2 aromatic carbocycles. The van der Waals surface area contributed by atoms with Crippen LogP contribution in [-0.4, -0.2) is 71.8 Å². The molecule has 5 atom stereocenters. The van der Waals surface area contributed by atoms with Gasteiger partial charge in [-0.1, -0.05) is 23.7 Å².